The van der Waals surface area contributed by atoms with Crippen LogP contribution < -0.4 is 15.5 Å². The average Bonchev–Trinajstić information content (AvgIpc) is 3.24. The first kappa shape index (κ1) is 21.9. The average molecular weight is 499 g/mol. The van der Waals surface area contributed by atoms with E-state index in [1.165, 1.54) is 21.1 Å². The van der Waals surface area contributed by atoms with E-state index in [1.807, 2.05) is 13.2 Å². The number of nitrogens with one attached hydrogen (secondary N) is 2. The van der Waals surface area contributed by atoms with E-state index >= 15 is 0 Å². The summed E-state index contributed by atoms with van der Waals surface area (Å²) in [5.41, 5.74) is 2.83. The molecule has 2 aromatic rings. The summed E-state index contributed by atoms with van der Waals surface area (Å²) in [7, 11) is 1.82. The molecule has 2 N–H and O–H groups in total. The van der Waals surface area contributed by atoms with Crippen LogP contribution in [0, 0.1) is 0 Å². The molecule has 1 atom stereocenters. The van der Waals surface area contributed by atoms with E-state index in [0.29, 0.717) is 6.04 Å². The van der Waals surface area contributed by atoms with Crippen LogP contribution in [0.4, 0.5) is 5.69 Å². The van der Waals surface area contributed by atoms with Crippen LogP contribution in [0.25, 0.3) is 0 Å². The number of nitrogens with zero attached hydrogens (tertiary/aromatic N) is 3. The van der Waals surface area contributed by atoms with Gasteiger partial charge in [-0.15, -0.1) is 35.3 Å². The second kappa shape index (κ2) is 10.8. The van der Waals surface area contributed by atoms with Gasteiger partial charge in [0.2, 0.25) is 0 Å². The van der Waals surface area contributed by atoms with Crippen LogP contribution in [0.2, 0.25) is 0 Å². The van der Waals surface area contributed by atoms with E-state index in [1.54, 1.807) is 11.3 Å². The number of fused-ring (bicyclic) bond motifs is 1. The zero-order valence-corrected chi connectivity index (χ0v) is 19.5. The van der Waals surface area contributed by atoms with Gasteiger partial charge in [-0.25, -0.2) is 4.98 Å². The van der Waals surface area contributed by atoms with Crippen LogP contribution in [0.1, 0.15) is 29.3 Å². The fourth-order valence-electron chi connectivity index (χ4n) is 3.40. The largest absolute Gasteiger partial charge is 0.367 e. The van der Waals surface area contributed by atoms with Crippen molar-refractivity contribution in [3.05, 3.63) is 45.9 Å². The maximum absolute atomic E-state index is 4.47. The number of hydrogen-bond acceptors (Lipinski definition) is 4. The Morgan fingerprint density at radius 3 is 2.81 bits per heavy atom. The molecular weight excluding hydrogens is 469 g/mol. The molecule has 148 valence electrons. The molecular formula is C20H30IN5S. The number of aryl methyl sites for hydroxylation is 1. The van der Waals surface area contributed by atoms with Crippen LogP contribution >= 0.6 is 35.3 Å². The highest BCUT2D eigenvalue weighted by Crippen LogP contribution is 2.31. The molecule has 0 radical (unpaired) electrons. The van der Waals surface area contributed by atoms with Gasteiger partial charge in [0.25, 0.3) is 0 Å². The van der Waals surface area contributed by atoms with E-state index < -0.39 is 0 Å². The molecule has 2 heterocycles. The molecule has 1 unspecified atom stereocenters. The Morgan fingerprint density at radius 1 is 1.30 bits per heavy atom. The summed E-state index contributed by atoms with van der Waals surface area (Å²) in [5.74, 6) is 0.859. The molecule has 1 aromatic heterocycles. The molecule has 5 nitrogen and oxygen atoms in total. The zero-order valence-electron chi connectivity index (χ0n) is 16.4. The van der Waals surface area contributed by atoms with Gasteiger partial charge in [0, 0.05) is 55.9 Å². The molecule has 0 fully saturated rings. The molecule has 3 rings (SSSR count). The molecule has 0 saturated heterocycles. The van der Waals surface area contributed by atoms with Crippen molar-refractivity contribution in [3.8, 4) is 0 Å². The highest BCUT2D eigenvalue weighted by molar-refractivity contribution is 14.0. The Bertz CT molecular complexity index is 745. The fourth-order valence-corrected chi connectivity index (χ4v) is 4.26. The van der Waals surface area contributed by atoms with Crippen LogP contribution in [-0.2, 0) is 19.3 Å². The number of thiazole rings is 1. The molecule has 0 saturated carbocycles. The lowest BCUT2D eigenvalue weighted by Gasteiger charge is -2.25. The van der Waals surface area contributed by atoms with Crippen molar-refractivity contribution in [2.24, 2.45) is 4.99 Å². The number of benzene rings is 1. The van der Waals surface area contributed by atoms with Gasteiger partial charge in [-0.1, -0.05) is 25.1 Å². The highest BCUT2D eigenvalue weighted by Gasteiger charge is 2.24. The van der Waals surface area contributed by atoms with Crippen molar-refractivity contribution < 1.29 is 0 Å². The lowest BCUT2D eigenvalue weighted by molar-refractivity contribution is 0.656. The van der Waals surface area contributed by atoms with Gasteiger partial charge in [-0.05, 0) is 31.4 Å². The number of para-hydroxylation sites is 1. The number of rotatable bonds is 7. The summed E-state index contributed by atoms with van der Waals surface area (Å²) in [6, 6.07) is 9.28. The predicted molar refractivity (Wildman–Crippen MR) is 127 cm³/mol. The highest BCUT2D eigenvalue weighted by atomic mass is 127. The van der Waals surface area contributed by atoms with Crippen molar-refractivity contribution in [1.82, 2.24) is 15.6 Å². The minimum absolute atomic E-state index is 0. The van der Waals surface area contributed by atoms with Crippen molar-refractivity contribution in [3.63, 3.8) is 0 Å². The van der Waals surface area contributed by atoms with Gasteiger partial charge in [-0.3, -0.25) is 4.99 Å². The van der Waals surface area contributed by atoms with Crippen LogP contribution in [0.15, 0.2) is 35.5 Å². The van der Waals surface area contributed by atoms with Crippen LogP contribution in [0.3, 0.4) is 0 Å². The maximum atomic E-state index is 4.47. The van der Waals surface area contributed by atoms with Crippen molar-refractivity contribution in [1.29, 1.82) is 0 Å². The minimum Gasteiger partial charge on any atom is -0.367 e. The topological polar surface area (TPSA) is 52.6 Å². The van der Waals surface area contributed by atoms with Crippen LogP contribution in [-0.4, -0.2) is 43.7 Å². The maximum Gasteiger partial charge on any atom is 0.191 e. The molecule has 27 heavy (non-hydrogen) atoms. The Balaban J connectivity index is 0.00000261. The van der Waals surface area contributed by atoms with Crippen molar-refractivity contribution in [2.45, 2.75) is 39.2 Å². The first-order valence-electron chi connectivity index (χ1n) is 9.44. The van der Waals surface area contributed by atoms with Gasteiger partial charge < -0.3 is 15.5 Å². The van der Waals surface area contributed by atoms with Crippen molar-refractivity contribution >= 4 is 47.0 Å². The number of aliphatic imine (C=N–C) groups is 1. The third-order valence-electron chi connectivity index (χ3n) is 4.80. The lowest BCUT2D eigenvalue weighted by Crippen LogP contribution is -2.43. The number of anilines is 1. The molecule has 7 heteroatoms. The summed E-state index contributed by atoms with van der Waals surface area (Å²) >= 11 is 1.80. The van der Waals surface area contributed by atoms with E-state index in [0.717, 1.165) is 44.9 Å². The fraction of sp³-hybridized carbons (Fsp3) is 0.500. The third kappa shape index (κ3) is 5.81. The van der Waals surface area contributed by atoms with Crippen molar-refractivity contribution in [2.75, 3.05) is 31.6 Å². The Morgan fingerprint density at radius 2 is 2.07 bits per heavy atom. The summed E-state index contributed by atoms with van der Waals surface area (Å²) in [5, 5.41) is 8.01. The Labute approximate surface area is 183 Å². The van der Waals surface area contributed by atoms with Gasteiger partial charge in [0.05, 0.1) is 5.01 Å². The number of halogens is 1. The standard InChI is InChI=1S/C20H29N5S.HI/c1-4-17-14-24-19(26-17)9-10-22-20(21-3)23-11-12-25-15(2)13-16-7-5-6-8-18(16)25;/h5-8,14-15H,4,9-13H2,1-3H3,(H2,21,22,23);1H. The number of guanidine groups is 1. The first-order valence-corrected chi connectivity index (χ1v) is 10.3. The number of aromatic nitrogens is 1. The van der Waals surface area contributed by atoms with E-state index in [4.69, 9.17) is 0 Å². The summed E-state index contributed by atoms with van der Waals surface area (Å²) in [4.78, 5) is 12.6. The van der Waals surface area contributed by atoms with E-state index in [9.17, 15) is 0 Å². The van der Waals surface area contributed by atoms with E-state index in [-0.39, 0.29) is 24.0 Å². The Kier molecular flexibility index (Phi) is 8.82. The summed E-state index contributed by atoms with van der Waals surface area (Å²) in [6.45, 7) is 7.16. The summed E-state index contributed by atoms with van der Waals surface area (Å²) in [6.07, 6.45) is 5.12. The zero-order chi connectivity index (χ0) is 18.4. The lowest BCUT2D eigenvalue weighted by atomic mass is 10.1. The first-order chi connectivity index (χ1) is 12.7. The molecule has 1 aliphatic heterocycles. The minimum atomic E-state index is 0. The number of hydrogen-bond donors (Lipinski definition) is 2. The molecule has 1 aliphatic rings. The molecule has 0 aliphatic carbocycles. The third-order valence-corrected chi connectivity index (χ3v) is 6.00. The molecule has 1 aromatic carbocycles. The Hall–Kier alpha value is -1.35. The second-order valence-corrected chi connectivity index (χ2v) is 7.82. The molecule has 0 spiro atoms. The van der Waals surface area contributed by atoms with E-state index in [2.05, 4.69) is 63.6 Å². The van der Waals surface area contributed by atoms with Gasteiger partial charge in [-0.2, -0.15) is 0 Å². The predicted octanol–water partition coefficient (Wildman–Crippen LogP) is 3.48. The van der Waals surface area contributed by atoms with Gasteiger partial charge in [0.15, 0.2) is 5.96 Å². The quantitative estimate of drug-likeness (QED) is 0.348. The monoisotopic (exact) mass is 499 g/mol. The second-order valence-electron chi connectivity index (χ2n) is 6.62. The van der Waals surface area contributed by atoms with Crippen LogP contribution in [0.5, 0.6) is 0 Å². The molecule has 0 amide bonds. The molecule has 0 bridgehead atoms. The SMILES string of the molecule is CCc1cnc(CCNC(=NC)NCCN2c3ccccc3CC2C)s1.I. The van der Waals surface area contributed by atoms with Gasteiger partial charge in [0.1, 0.15) is 0 Å². The summed E-state index contributed by atoms with van der Waals surface area (Å²) < 4.78 is 0. The smallest absolute Gasteiger partial charge is 0.191 e. The van der Waals surface area contributed by atoms with Gasteiger partial charge >= 0.3 is 0 Å². The normalized spacial score (nSPS) is 16.0.